The van der Waals surface area contributed by atoms with Gasteiger partial charge in [0.2, 0.25) is 0 Å². The van der Waals surface area contributed by atoms with E-state index in [-0.39, 0.29) is 5.41 Å². The van der Waals surface area contributed by atoms with Gasteiger partial charge in [0, 0.05) is 19.1 Å². The van der Waals surface area contributed by atoms with Crippen LogP contribution in [0.25, 0.3) is 0 Å². The lowest BCUT2D eigenvalue weighted by atomic mass is 9.81. The van der Waals surface area contributed by atoms with Crippen LogP contribution in [-0.2, 0) is 14.2 Å². The summed E-state index contributed by atoms with van der Waals surface area (Å²) in [7, 11) is 0. The minimum absolute atomic E-state index is 0.246. The van der Waals surface area contributed by atoms with E-state index < -0.39 is 0 Å². The molecule has 0 aliphatic rings. The highest BCUT2D eigenvalue weighted by Crippen LogP contribution is 2.31. The van der Waals surface area contributed by atoms with Crippen molar-refractivity contribution in [3.8, 4) is 0 Å². The van der Waals surface area contributed by atoms with Crippen molar-refractivity contribution < 1.29 is 14.2 Å². The van der Waals surface area contributed by atoms with E-state index in [0.717, 1.165) is 44.8 Å². The Hall–Kier alpha value is 0.170. The average Bonchev–Trinajstić information content (AvgIpc) is 2.49. The Morgan fingerprint density at radius 2 is 1.25 bits per heavy atom. The number of unbranched alkanes of at least 4 members (excludes halogenated alkanes) is 1. The van der Waals surface area contributed by atoms with Crippen LogP contribution in [0.15, 0.2) is 0 Å². The minimum atomic E-state index is 0.246. The van der Waals surface area contributed by atoms with E-state index in [4.69, 9.17) is 25.8 Å². The van der Waals surface area contributed by atoms with E-state index in [1.54, 1.807) is 0 Å². The van der Waals surface area contributed by atoms with Gasteiger partial charge < -0.3 is 14.2 Å². The van der Waals surface area contributed by atoms with E-state index >= 15 is 0 Å². The molecule has 0 saturated heterocycles. The van der Waals surface area contributed by atoms with Crippen LogP contribution in [0.2, 0.25) is 0 Å². The van der Waals surface area contributed by atoms with Gasteiger partial charge >= 0.3 is 0 Å². The summed E-state index contributed by atoms with van der Waals surface area (Å²) in [4.78, 5) is 0. The summed E-state index contributed by atoms with van der Waals surface area (Å²) in [6.45, 7) is 10.8. The van der Waals surface area contributed by atoms with Gasteiger partial charge in [0.05, 0.1) is 26.4 Å². The highest BCUT2D eigenvalue weighted by atomic mass is 35.5. The van der Waals surface area contributed by atoms with Gasteiger partial charge in [-0.15, -0.1) is 11.6 Å². The monoisotopic (exact) mass is 308 g/mol. The number of hydrogen-bond acceptors (Lipinski definition) is 3. The molecule has 0 aromatic rings. The molecular weight excluding hydrogens is 276 g/mol. The normalized spacial score (nSPS) is 12.0. The average molecular weight is 309 g/mol. The second kappa shape index (κ2) is 14.1. The molecule has 0 aromatic heterocycles. The molecule has 0 unspecified atom stereocenters. The molecule has 0 saturated carbocycles. The molecule has 0 rings (SSSR count). The SMILES string of the molecule is CCCCOCCOCCOCCC(CC)(CC)CCl. The number of rotatable bonds is 15. The van der Waals surface area contributed by atoms with Gasteiger partial charge in [-0.2, -0.15) is 0 Å². The first-order valence-corrected chi connectivity index (χ1v) is 8.57. The third-order valence-corrected chi connectivity index (χ3v) is 4.51. The maximum atomic E-state index is 6.06. The zero-order chi connectivity index (χ0) is 15.1. The molecule has 0 N–H and O–H groups in total. The minimum Gasteiger partial charge on any atom is -0.379 e. The van der Waals surface area contributed by atoms with Gasteiger partial charge in [-0.05, 0) is 31.1 Å². The van der Waals surface area contributed by atoms with Gasteiger partial charge in [-0.3, -0.25) is 0 Å². The smallest absolute Gasteiger partial charge is 0.0701 e. The summed E-state index contributed by atoms with van der Waals surface area (Å²) >= 11 is 6.06. The van der Waals surface area contributed by atoms with Crippen LogP contribution in [0.3, 0.4) is 0 Å². The zero-order valence-corrected chi connectivity index (χ0v) is 14.3. The molecule has 20 heavy (non-hydrogen) atoms. The maximum absolute atomic E-state index is 6.06. The summed E-state index contributed by atoms with van der Waals surface area (Å²) in [6.07, 6.45) is 5.56. The molecule has 0 heterocycles. The van der Waals surface area contributed by atoms with Crippen LogP contribution in [-0.4, -0.2) is 45.5 Å². The first kappa shape index (κ1) is 20.2. The molecular formula is C16H33ClO3. The second-order valence-corrected chi connectivity index (χ2v) is 5.55. The topological polar surface area (TPSA) is 27.7 Å². The number of alkyl halides is 1. The van der Waals surface area contributed by atoms with Crippen LogP contribution in [0.4, 0.5) is 0 Å². The van der Waals surface area contributed by atoms with Crippen molar-refractivity contribution in [1.82, 2.24) is 0 Å². The van der Waals surface area contributed by atoms with Crippen LogP contribution in [0.5, 0.6) is 0 Å². The Kier molecular flexibility index (Phi) is 14.2. The molecule has 0 spiro atoms. The third-order valence-electron chi connectivity index (χ3n) is 3.95. The fourth-order valence-electron chi connectivity index (χ4n) is 1.94. The predicted molar refractivity (Wildman–Crippen MR) is 85.7 cm³/mol. The molecule has 0 amide bonds. The predicted octanol–water partition coefficient (Wildman–Crippen LogP) is 4.27. The Morgan fingerprint density at radius 1 is 0.750 bits per heavy atom. The number of halogens is 1. The van der Waals surface area contributed by atoms with E-state index in [1.165, 1.54) is 6.42 Å². The van der Waals surface area contributed by atoms with Gasteiger partial charge in [0.15, 0.2) is 0 Å². The second-order valence-electron chi connectivity index (χ2n) is 5.28. The van der Waals surface area contributed by atoms with Crippen LogP contribution in [0, 0.1) is 5.41 Å². The van der Waals surface area contributed by atoms with Gasteiger partial charge in [0.25, 0.3) is 0 Å². The van der Waals surface area contributed by atoms with Crippen molar-refractivity contribution in [2.45, 2.75) is 52.9 Å². The molecule has 0 radical (unpaired) electrons. The first-order valence-electron chi connectivity index (χ1n) is 8.03. The summed E-state index contributed by atoms with van der Waals surface area (Å²) in [6, 6.07) is 0. The molecule has 0 bridgehead atoms. The maximum Gasteiger partial charge on any atom is 0.0701 e. The summed E-state index contributed by atoms with van der Waals surface area (Å²) < 4.78 is 16.5. The molecule has 0 fully saturated rings. The molecule has 4 heteroatoms. The standard InChI is InChI=1S/C16H33ClO3/c1-4-7-9-18-11-13-20-14-12-19-10-8-16(5-2,6-3)15-17/h4-15H2,1-3H3. The Balaban J connectivity index is 3.32. The van der Waals surface area contributed by atoms with Crippen molar-refractivity contribution in [2.24, 2.45) is 5.41 Å². The van der Waals surface area contributed by atoms with Gasteiger partial charge in [-0.25, -0.2) is 0 Å². The summed E-state index contributed by atoms with van der Waals surface area (Å²) in [5.41, 5.74) is 0.246. The molecule has 0 aliphatic carbocycles. The number of hydrogen-bond donors (Lipinski definition) is 0. The van der Waals surface area contributed by atoms with Crippen LogP contribution < -0.4 is 0 Å². The van der Waals surface area contributed by atoms with Crippen LogP contribution >= 0.6 is 11.6 Å². The highest BCUT2D eigenvalue weighted by molar-refractivity contribution is 6.18. The summed E-state index contributed by atoms with van der Waals surface area (Å²) in [5, 5.41) is 0. The van der Waals surface area contributed by atoms with E-state index in [2.05, 4.69) is 20.8 Å². The molecule has 0 atom stereocenters. The van der Waals surface area contributed by atoms with Gasteiger partial charge in [-0.1, -0.05) is 27.2 Å². The third kappa shape index (κ3) is 9.98. The lowest BCUT2D eigenvalue weighted by Crippen LogP contribution is -2.23. The Bertz CT molecular complexity index is 188. The largest absolute Gasteiger partial charge is 0.379 e. The van der Waals surface area contributed by atoms with Crippen molar-refractivity contribution in [1.29, 1.82) is 0 Å². The number of ether oxygens (including phenoxy) is 3. The fraction of sp³-hybridized carbons (Fsp3) is 1.00. The van der Waals surface area contributed by atoms with Crippen LogP contribution in [0.1, 0.15) is 52.9 Å². The lowest BCUT2D eigenvalue weighted by molar-refractivity contribution is 0.00834. The Morgan fingerprint density at radius 3 is 1.70 bits per heavy atom. The molecule has 122 valence electrons. The molecule has 0 aromatic carbocycles. The lowest BCUT2D eigenvalue weighted by Gasteiger charge is -2.29. The Labute approximate surface area is 130 Å². The molecule has 3 nitrogen and oxygen atoms in total. The van der Waals surface area contributed by atoms with Crippen molar-refractivity contribution in [3.63, 3.8) is 0 Å². The molecule has 0 aliphatic heterocycles. The summed E-state index contributed by atoms with van der Waals surface area (Å²) in [5.74, 6) is 0.717. The van der Waals surface area contributed by atoms with E-state index in [0.29, 0.717) is 26.4 Å². The van der Waals surface area contributed by atoms with E-state index in [1.807, 2.05) is 0 Å². The fourth-order valence-corrected chi connectivity index (χ4v) is 2.45. The van der Waals surface area contributed by atoms with E-state index in [9.17, 15) is 0 Å². The van der Waals surface area contributed by atoms with Gasteiger partial charge in [0.1, 0.15) is 0 Å². The zero-order valence-electron chi connectivity index (χ0n) is 13.6. The highest BCUT2D eigenvalue weighted by Gasteiger charge is 2.24. The van der Waals surface area contributed by atoms with Crippen molar-refractivity contribution in [3.05, 3.63) is 0 Å². The quantitative estimate of drug-likeness (QED) is 0.334. The first-order chi connectivity index (χ1) is 9.74. The van der Waals surface area contributed by atoms with Crippen molar-refractivity contribution >= 4 is 11.6 Å². The van der Waals surface area contributed by atoms with Crippen molar-refractivity contribution in [2.75, 3.05) is 45.5 Å².